The summed E-state index contributed by atoms with van der Waals surface area (Å²) >= 11 is -22.5. The fraction of sp³-hybridized carbons (Fsp3) is 1.00. The van der Waals surface area contributed by atoms with E-state index in [-0.39, 0.29) is 34.1 Å². The van der Waals surface area contributed by atoms with Gasteiger partial charge in [-0.1, -0.05) is 55.4 Å². The van der Waals surface area contributed by atoms with Gasteiger partial charge < -0.3 is 42.1 Å². The molecule has 2 unspecified atom stereocenters. The van der Waals surface area contributed by atoms with Crippen LogP contribution in [0.1, 0.15) is 122 Å². The van der Waals surface area contributed by atoms with Gasteiger partial charge in [-0.2, -0.15) is 0 Å². The van der Waals surface area contributed by atoms with Gasteiger partial charge in [-0.25, -0.2) is 0 Å². The molecule has 2 rings (SSSR count). The minimum absolute atomic E-state index is 0. The number of hydrogen-bond donors (Lipinski definition) is 8. The van der Waals surface area contributed by atoms with E-state index >= 15 is 0 Å². The Labute approximate surface area is 378 Å². The molecule has 0 radical (unpaired) electrons. The summed E-state index contributed by atoms with van der Waals surface area (Å²) in [4.78, 5) is 0. The van der Waals surface area contributed by atoms with Gasteiger partial charge in [-0.15, -0.1) is 0 Å². The number of nitrogens with one attached hydrogen (secondary N) is 6. The molecule has 0 saturated heterocycles. The summed E-state index contributed by atoms with van der Waals surface area (Å²) in [5, 5.41) is 41.9. The van der Waals surface area contributed by atoms with Crippen LogP contribution in [0.5, 0.6) is 0 Å². The standard InChI is InChI=1S/2C18H39N3O.2Cu.12FH.2Sb/c2*1-13(2)10-19-15-7-16(20-11-14(3)4)9-17(8-15)21-12-18(5,6)22;;;;;;;;;;;;;;;;/h2*13-17,19-22H,7-12H2,1-6H3;;;12*1H;;/q;;2*+1;;;;;;;;;;;;;2*+5/p-12/t2*15-,16+,17?;;;;;;;;;;;;;;;;. The third kappa shape index (κ3) is 61.6. The number of aliphatic hydroxyl groups is 2. The van der Waals surface area contributed by atoms with Gasteiger partial charge in [0.05, 0.1) is 11.2 Å². The molecule has 2 aliphatic carbocycles. The SMILES string of the molecule is CC(C)CN[C@@H]1CC(NCC(C)(C)O)C[C@H](NCC(C)C)C1.CC(C)CN[C@@H]1CC(NCC(C)(C)O)C[C@H](NCC(C)C)C1.[Cu+].[Cu+].[F][Sb-]([F])([F])([F])([F])[F].[F][Sb-]([F])([F])([F])([F])[F]. The molecule has 380 valence electrons. The van der Waals surface area contributed by atoms with Gasteiger partial charge in [-0.05, 0) is 116 Å². The number of halogens is 12. The Balaban J connectivity index is -0.000000388. The van der Waals surface area contributed by atoms with Crippen LogP contribution in [0.3, 0.4) is 0 Å². The Morgan fingerprint density at radius 1 is 0.383 bits per heavy atom. The first kappa shape index (κ1) is 68.1. The van der Waals surface area contributed by atoms with Gasteiger partial charge in [0.2, 0.25) is 0 Å². The van der Waals surface area contributed by atoms with E-state index in [9.17, 15) is 44.0 Å². The van der Waals surface area contributed by atoms with Crippen molar-refractivity contribution in [1.82, 2.24) is 31.9 Å². The fourth-order valence-electron chi connectivity index (χ4n) is 6.04. The van der Waals surface area contributed by atoms with E-state index in [2.05, 4.69) is 87.3 Å². The molecule has 6 atom stereocenters. The number of hydrogen-bond acceptors (Lipinski definition) is 8. The van der Waals surface area contributed by atoms with Crippen molar-refractivity contribution in [2.45, 2.75) is 169 Å². The molecule has 0 aliphatic heterocycles. The van der Waals surface area contributed by atoms with Crippen molar-refractivity contribution < 1.29 is 78.1 Å². The molecular weight excluding hydrogens is 1150 g/mol. The Hall–Kier alpha value is 1.52. The second kappa shape index (κ2) is 25.6. The first-order chi connectivity index (χ1) is 25.2. The molecule has 0 aromatic rings. The summed E-state index contributed by atoms with van der Waals surface area (Å²) in [6.45, 7) is 31.2. The molecule has 2 saturated carbocycles. The Bertz CT molecular complexity index is 998. The van der Waals surface area contributed by atoms with E-state index in [1.165, 1.54) is 12.8 Å². The maximum absolute atomic E-state index is 11.2. The van der Waals surface area contributed by atoms with Gasteiger partial charge in [0, 0.05) is 49.3 Å². The summed E-state index contributed by atoms with van der Waals surface area (Å²) in [5.41, 5.74) is -1.28. The Morgan fingerprint density at radius 2 is 0.517 bits per heavy atom. The fourth-order valence-corrected chi connectivity index (χ4v) is 6.04. The van der Waals surface area contributed by atoms with Crippen LogP contribution in [0.2, 0.25) is 0 Å². The van der Waals surface area contributed by atoms with Crippen molar-refractivity contribution >= 4 is 39.0 Å². The third-order valence-electron chi connectivity index (χ3n) is 8.32. The van der Waals surface area contributed by atoms with E-state index < -0.39 is 50.2 Å². The van der Waals surface area contributed by atoms with Crippen LogP contribution in [0.4, 0.5) is 33.8 Å². The van der Waals surface area contributed by atoms with Crippen LogP contribution in [-0.2, 0) is 34.1 Å². The second-order valence-corrected chi connectivity index (χ2v) is 30.0. The van der Waals surface area contributed by atoms with Crippen LogP contribution in [0.25, 0.3) is 0 Å². The van der Waals surface area contributed by atoms with Crippen molar-refractivity contribution in [3.05, 3.63) is 0 Å². The predicted molar refractivity (Wildman–Crippen MR) is 215 cm³/mol. The second-order valence-electron chi connectivity index (χ2n) is 19.1. The van der Waals surface area contributed by atoms with E-state index in [0.717, 1.165) is 51.9 Å². The average molecular weight is 1230 g/mol. The Morgan fingerprint density at radius 3 is 0.633 bits per heavy atom. The molecule has 24 heteroatoms. The normalized spacial score (nSPS) is 25.1. The molecule has 8 N–H and O–H groups in total. The maximum atomic E-state index is 9.94. The van der Waals surface area contributed by atoms with Crippen LogP contribution >= 0.6 is 0 Å². The summed E-state index contributed by atoms with van der Waals surface area (Å²) in [6, 6.07) is 3.24. The van der Waals surface area contributed by atoms with Crippen LogP contribution in [-0.4, -0.2) is 136 Å². The molecular formula is C36H78Cu2F12N6O2Sb2. The molecule has 0 spiro atoms. The van der Waals surface area contributed by atoms with E-state index in [4.69, 9.17) is 0 Å². The summed E-state index contributed by atoms with van der Waals surface area (Å²) in [6.07, 6.45) is 7.04. The molecule has 0 heterocycles. The molecule has 8 nitrogen and oxygen atoms in total. The van der Waals surface area contributed by atoms with Crippen molar-refractivity contribution in [3.63, 3.8) is 0 Å². The average Bonchev–Trinajstić information content (AvgIpc) is 2.95. The third-order valence-corrected chi connectivity index (χ3v) is 8.32. The van der Waals surface area contributed by atoms with Crippen LogP contribution in [0.15, 0.2) is 0 Å². The van der Waals surface area contributed by atoms with Gasteiger partial charge in [0.1, 0.15) is 0 Å². The summed E-state index contributed by atoms with van der Waals surface area (Å²) < 4.78 is 119. The zero-order chi connectivity index (χ0) is 46.3. The molecule has 0 aromatic heterocycles. The first-order valence-electron chi connectivity index (χ1n) is 20.2. The first-order valence-corrected chi connectivity index (χ1v) is 31.8. The number of rotatable bonds is 18. The van der Waals surface area contributed by atoms with Gasteiger partial charge in [0.25, 0.3) is 0 Å². The van der Waals surface area contributed by atoms with E-state index in [0.29, 0.717) is 73.0 Å². The van der Waals surface area contributed by atoms with Crippen molar-refractivity contribution in [3.8, 4) is 0 Å². The molecule has 0 bridgehead atoms. The van der Waals surface area contributed by atoms with E-state index in [1.807, 2.05) is 27.7 Å². The van der Waals surface area contributed by atoms with Crippen LogP contribution < -0.4 is 31.9 Å². The zero-order valence-corrected chi connectivity index (χ0v) is 44.2. The van der Waals surface area contributed by atoms with Crippen molar-refractivity contribution in [1.29, 1.82) is 0 Å². The molecule has 0 aromatic carbocycles. The van der Waals surface area contributed by atoms with Gasteiger partial charge >= 0.3 is 107 Å². The monoisotopic (exact) mass is 1220 g/mol. The zero-order valence-electron chi connectivity index (χ0n) is 37.2. The summed E-state index contributed by atoms with van der Waals surface area (Å²) in [7, 11) is 0. The van der Waals surface area contributed by atoms with Crippen molar-refractivity contribution in [2.75, 3.05) is 39.3 Å². The van der Waals surface area contributed by atoms with E-state index in [1.54, 1.807) is 0 Å². The topological polar surface area (TPSA) is 113 Å². The minimum atomic E-state index is -11.2. The summed E-state index contributed by atoms with van der Waals surface area (Å²) in [5.74, 6) is 2.75. The molecule has 2 aliphatic rings. The van der Waals surface area contributed by atoms with Gasteiger partial charge in [-0.3, -0.25) is 0 Å². The van der Waals surface area contributed by atoms with Gasteiger partial charge in [0.15, 0.2) is 0 Å². The molecule has 2 fully saturated rings. The molecule has 0 amide bonds. The molecule has 60 heavy (non-hydrogen) atoms. The van der Waals surface area contributed by atoms with Crippen molar-refractivity contribution in [2.24, 2.45) is 23.7 Å². The quantitative estimate of drug-likeness (QED) is 0.0510. The predicted octanol–water partition coefficient (Wildman–Crippen LogP) is 8.53. The Kier molecular flexibility index (Phi) is 29.0. The van der Waals surface area contributed by atoms with Crippen LogP contribution in [0, 0.1) is 23.7 Å².